The van der Waals surface area contributed by atoms with Gasteiger partial charge < -0.3 is 10.5 Å². The number of hydrogen-bond acceptors (Lipinski definition) is 4. The Bertz CT molecular complexity index is 1020. The van der Waals surface area contributed by atoms with Crippen LogP contribution in [0.25, 0.3) is 16.8 Å². The van der Waals surface area contributed by atoms with Crippen LogP contribution in [0.15, 0.2) is 30.5 Å². The molecule has 0 bridgehead atoms. The number of aryl methyl sites for hydroxylation is 1. The third-order valence-electron chi connectivity index (χ3n) is 4.41. The van der Waals surface area contributed by atoms with E-state index in [1.165, 1.54) is 16.6 Å². The van der Waals surface area contributed by atoms with Crippen molar-refractivity contribution in [3.05, 3.63) is 46.9 Å². The summed E-state index contributed by atoms with van der Waals surface area (Å²) >= 11 is 6.05. The van der Waals surface area contributed by atoms with Gasteiger partial charge in [-0.2, -0.15) is 18.3 Å². The fourth-order valence-corrected chi connectivity index (χ4v) is 3.44. The minimum Gasteiger partial charge on any atom is -0.493 e. The van der Waals surface area contributed by atoms with E-state index in [1.807, 2.05) is 13.8 Å². The molecule has 2 heterocycles. The number of nitrogens with zero attached hydrogens (tertiary/aromatic N) is 3. The second kappa shape index (κ2) is 8.20. The molecule has 2 unspecified atom stereocenters. The van der Waals surface area contributed by atoms with Gasteiger partial charge in [0.2, 0.25) is 0 Å². The van der Waals surface area contributed by atoms with Gasteiger partial charge in [0.25, 0.3) is 0 Å². The molecule has 9 heteroatoms. The number of benzene rings is 1. The summed E-state index contributed by atoms with van der Waals surface area (Å²) in [6.07, 6.45) is -2.26. The maximum Gasteiger partial charge on any atom is 0.419 e. The first-order valence-electron chi connectivity index (χ1n) is 9.17. The molecule has 0 amide bonds. The van der Waals surface area contributed by atoms with E-state index in [-0.39, 0.29) is 29.5 Å². The van der Waals surface area contributed by atoms with Crippen molar-refractivity contribution in [2.24, 2.45) is 11.7 Å². The number of fused-ring (bicyclic) bond motifs is 1. The van der Waals surface area contributed by atoms with Crippen LogP contribution in [-0.2, 0) is 6.18 Å². The molecule has 0 aliphatic carbocycles. The van der Waals surface area contributed by atoms with Gasteiger partial charge >= 0.3 is 6.18 Å². The Hall–Kier alpha value is -2.32. The molecule has 3 aromatic rings. The molecule has 29 heavy (non-hydrogen) atoms. The normalized spacial score (nSPS) is 14.2. The number of rotatable bonds is 6. The lowest BCUT2D eigenvalue weighted by Gasteiger charge is -2.19. The summed E-state index contributed by atoms with van der Waals surface area (Å²) in [5, 5.41) is 4.26. The van der Waals surface area contributed by atoms with Crippen molar-refractivity contribution in [3.8, 4) is 16.9 Å². The number of hydrogen-bond donors (Lipinski definition) is 1. The monoisotopic (exact) mass is 426 g/mol. The topological polar surface area (TPSA) is 65.4 Å². The SMILES string of the molecule is Cc1cn2nc(Cl)cc(-c3ccc(OCC(C)CC(C)N)c(C(F)(F)F)c3)c2n1. The van der Waals surface area contributed by atoms with Gasteiger partial charge in [-0.25, -0.2) is 9.50 Å². The Balaban J connectivity index is 2.01. The van der Waals surface area contributed by atoms with E-state index in [0.29, 0.717) is 28.9 Å². The lowest BCUT2D eigenvalue weighted by Crippen LogP contribution is -2.22. The van der Waals surface area contributed by atoms with E-state index in [1.54, 1.807) is 19.2 Å². The highest BCUT2D eigenvalue weighted by atomic mass is 35.5. The Morgan fingerprint density at radius 3 is 2.62 bits per heavy atom. The summed E-state index contributed by atoms with van der Waals surface area (Å²) in [6.45, 7) is 5.66. The molecule has 0 saturated carbocycles. The average Bonchev–Trinajstić information content (AvgIpc) is 2.97. The van der Waals surface area contributed by atoms with Crippen molar-refractivity contribution in [1.29, 1.82) is 0 Å². The van der Waals surface area contributed by atoms with Crippen molar-refractivity contribution in [1.82, 2.24) is 14.6 Å². The second-order valence-electron chi connectivity index (χ2n) is 7.37. The number of ether oxygens (including phenoxy) is 1. The highest BCUT2D eigenvalue weighted by Crippen LogP contribution is 2.40. The average molecular weight is 427 g/mol. The third kappa shape index (κ3) is 5.00. The lowest BCUT2D eigenvalue weighted by atomic mass is 10.0. The van der Waals surface area contributed by atoms with E-state index in [0.717, 1.165) is 6.07 Å². The van der Waals surface area contributed by atoms with Gasteiger partial charge in [-0.15, -0.1) is 0 Å². The number of aromatic nitrogens is 3. The molecular weight excluding hydrogens is 405 g/mol. The van der Waals surface area contributed by atoms with Crippen LogP contribution < -0.4 is 10.5 Å². The molecule has 2 aromatic heterocycles. The molecule has 2 atom stereocenters. The van der Waals surface area contributed by atoms with Gasteiger partial charge in [0.1, 0.15) is 5.75 Å². The van der Waals surface area contributed by atoms with Gasteiger partial charge in [-0.05, 0) is 49.9 Å². The fraction of sp³-hybridized carbons (Fsp3) is 0.400. The zero-order chi connectivity index (χ0) is 21.3. The first-order valence-corrected chi connectivity index (χ1v) is 9.55. The summed E-state index contributed by atoms with van der Waals surface area (Å²) in [4.78, 5) is 4.35. The van der Waals surface area contributed by atoms with Crippen LogP contribution in [0.4, 0.5) is 13.2 Å². The molecule has 0 radical (unpaired) electrons. The van der Waals surface area contributed by atoms with Crippen LogP contribution >= 0.6 is 11.6 Å². The summed E-state index contributed by atoms with van der Waals surface area (Å²) in [6, 6.07) is 5.41. The maximum absolute atomic E-state index is 13.7. The summed E-state index contributed by atoms with van der Waals surface area (Å²) in [5.74, 6) is -0.184. The Kier molecular flexibility index (Phi) is 6.05. The second-order valence-corrected chi connectivity index (χ2v) is 7.76. The molecule has 2 N–H and O–H groups in total. The maximum atomic E-state index is 13.7. The van der Waals surface area contributed by atoms with Gasteiger partial charge in [-0.3, -0.25) is 0 Å². The van der Waals surface area contributed by atoms with E-state index >= 15 is 0 Å². The molecule has 5 nitrogen and oxygen atoms in total. The van der Waals surface area contributed by atoms with Crippen molar-refractivity contribution < 1.29 is 17.9 Å². The highest BCUT2D eigenvalue weighted by molar-refractivity contribution is 6.29. The predicted octanol–water partition coefficient (Wildman–Crippen LogP) is 5.13. The first-order chi connectivity index (χ1) is 13.5. The Morgan fingerprint density at radius 1 is 1.24 bits per heavy atom. The van der Waals surface area contributed by atoms with Gasteiger partial charge in [-0.1, -0.05) is 24.6 Å². The quantitative estimate of drug-likeness (QED) is 0.593. The molecule has 0 saturated heterocycles. The molecule has 0 aliphatic rings. The van der Waals surface area contributed by atoms with Crippen LogP contribution in [0.2, 0.25) is 5.15 Å². The Labute approximate surface area is 171 Å². The van der Waals surface area contributed by atoms with E-state index in [2.05, 4.69) is 10.1 Å². The van der Waals surface area contributed by atoms with Crippen molar-refractivity contribution in [3.63, 3.8) is 0 Å². The lowest BCUT2D eigenvalue weighted by molar-refractivity contribution is -0.139. The number of imidazole rings is 1. The predicted molar refractivity (Wildman–Crippen MR) is 106 cm³/mol. The summed E-state index contributed by atoms with van der Waals surface area (Å²) in [7, 11) is 0. The Morgan fingerprint density at radius 2 is 1.97 bits per heavy atom. The van der Waals surface area contributed by atoms with Gasteiger partial charge in [0, 0.05) is 11.6 Å². The van der Waals surface area contributed by atoms with E-state index < -0.39 is 11.7 Å². The highest BCUT2D eigenvalue weighted by Gasteiger charge is 2.35. The minimum absolute atomic E-state index is 0.0299. The van der Waals surface area contributed by atoms with Crippen LogP contribution in [-0.4, -0.2) is 27.2 Å². The largest absolute Gasteiger partial charge is 0.493 e. The van der Waals surface area contributed by atoms with Gasteiger partial charge in [0.05, 0.1) is 24.1 Å². The van der Waals surface area contributed by atoms with Crippen LogP contribution in [0, 0.1) is 12.8 Å². The molecule has 1 aromatic carbocycles. The van der Waals surface area contributed by atoms with Gasteiger partial charge in [0.15, 0.2) is 10.8 Å². The molecule has 156 valence electrons. The molecular formula is C20H22ClF3N4O. The smallest absolute Gasteiger partial charge is 0.419 e. The number of alkyl halides is 3. The van der Waals surface area contributed by atoms with Crippen molar-refractivity contribution in [2.45, 2.75) is 39.4 Å². The summed E-state index contributed by atoms with van der Waals surface area (Å²) < 4.78 is 48.1. The van der Waals surface area contributed by atoms with E-state index in [4.69, 9.17) is 22.1 Å². The minimum atomic E-state index is -4.58. The van der Waals surface area contributed by atoms with Crippen molar-refractivity contribution >= 4 is 17.2 Å². The molecule has 0 fully saturated rings. The van der Waals surface area contributed by atoms with Crippen molar-refractivity contribution in [2.75, 3.05) is 6.61 Å². The van der Waals surface area contributed by atoms with Crippen LogP contribution in [0.5, 0.6) is 5.75 Å². The fourth-order valence-electron chi connectivity index (χ4n) is 3.25. The molecule has 0 aliphatic heterocycles. The van der Waals surface area contributed by atoms with E-state index in [9.17, 15) is 13.2 Å². The third-order valence-corrected chi connectivity index (χ3v) is 4.59. The van der Waals surface area contributed by atoms with Crippen LogP contribution in [0.1, 0.15) is 31.5 Å². The molecule has 0 spiro atoms. The van der Waals surface area contributed by atoms with Crippen LogP contribution in [0.3, 0.4) is 0 Å². The molecule has 3 rings (SSSR count). The number of nitrogens with two attached hydrogens (primary N) is 1. The standard InChI is InChI=1S/C20H22ClF3N4O/c1-11(6-12(2)25)10-29-17-5-4-14(7-16(17)20(22,23)24)15-8-18(21)27-28-9-13(3)26-19(15)28/h4-5,7-9,11-12H,6,10,25H2,1-3H3. The first kappa shape index (κ1) is 21.4. The number of halogens is 4. The zero-order valence-electron chi connectivity index (χ0n) is 16.3. The zero-order valence-corrected chi connectivity index (χ0v) is 17.1. The summed E-state index contributed by atoms with van der Waals surface area (Å²) in [5.41, 5.74) is 6.79.